The van der Waals surface area contributed by atoms with Gasteiger partial charge < -0.3 is 24.8 Å². The summed E-state index contributed by atoms with van der Waals surface area (Å²) in [5.74, 6) is 1.13. The fourth-order valence-electron chi connectivity index (χ4n) is 2.72. The molecule has 24 heavy (non-hydrogen) atoms. The van der Waals surface area contributed by atoms with Gasteiger partial charge in [0.2, 0.25) is 5.75 Å². The van der Waals surface area contributed by atoms with Crippen molar-refractivity contribution in [2.75, 3.05) is 44.5 Å². The smallest absolute Gasteiger partial charge is 0.204 e. The molecule has 1 atom stereocenters. The van der Waals surface area contributed by atoms with Crippen LogP contribution in [0.4, 0.5) is 16.0 Å². The molecule has 3 rings (SSSR count). The second-order valence-electron chi connectivity index (χ2n) is 5.32. The summed E-state index contributed by atoms with van der Waals surface area (Å²) in [6, 6.07) is 4.71. The number of ether oxygens (including phenoxy) is 3. The van der Waals surface area contributed by atoms with Crippen LogP contribution in [0.2, 0.25) is 0 Å². The first-order valence-electron chi connectivity index (χ1n) is 7.48. The number of hydrogen-bond donors (Lipinski definition) is 1. The van der Waals surface area contributed by atoms with E-state index in [2.05, 4.69) is 9.97 Å². The van der Waals surface area contributed by atoms with Gasteiger partial charge in [0.1, 0.15) is 12.4 Å². The third-order valence-corrected chi connectivity index (χ3v) is 3.93. The molecule has 2 aromatic rings. The van der Waals surface area contributed by atoms with Crippen LogP contribution in [-0.4, -0.2) is 43.9 Å². The molecule has 1 unspecified atom stereocenters. The predicted molar refractivity (Wildman–Crippen MR) is 86.9 cm³/mol. The zero-order valence-corrected chi connectivity index (χ0v) is 13.5. The summed E-state index contributed by atoms with van der Waals surface area (Å²) >= 11 is 0. The minimum Gasteiger partial charge on any atom is -0.494 e. The van der Waals surface area contributed by atoms with Gasteiger partial charge in [0.05, 0.1) is 20.8 Å². The van der Waals surface area contributed by atoms with Crippen LogP contribution in [0.1, 0.15) is 11.7 Å². The summed E-state index contributed by atoms with van der Waals surface area (Å²) < 4.78 is 29.8. The molecule has 0 spiro atoms. The molecule has 8 heteroatoms. The first kappa shape index (κ1) is 16.3. The lowest BCUT2D eigenvalue weighted by Gasteiger charge is -2.34. The van der Waals surface area contributed by atoms with Crippen LogP contribution in [-0.2, 0) is 4.74 Å². The van der Waals surface area contributed by atoms with Crippen molar-refractivity contribution < 1.29 is 18.6 Å². The zero-order chi connectivity index (χ0) is 17.1. The number of nitrogen functional groups attached to an aromatic ring is 1. The molecule has 0 aliphatic carbocycles. The number of hydrogen-bond acceptors (Lipinski definition) is 7. The summed E-state index contributed by atoms with van der Waals surface area (Å²) in [6.45, 7) is 1.67. The first-order valence-corrected chi connectivity index (χ1v) is 7.48. The van der Waals surface area contributed by atoms with Crippen molar-refractivity contribution in [1.29, 1.82) is 0 Å². The third kappa shape index (κ3) is 3.05. The number of nitrogens with zero attached hydrogens (tertiary/aromatic N) is 3. The highest BCUT2D eigenvalue weighted by Crippen LogP contribution is 2.34. The summed E-state index contributed by atoms with van der Waals surface area (Å²) in [4.78, 5) is 10.2. The van der Waals surface area contributed by atoms with E-state index in [1.807, 2.05) is 4.90 Å². The van der Waals surface area contributed by atoms with Gasteiger partial charge in [-0.3, -0.25) is 0 Å². The highest BCUT2D eigenvalue weighted by atomic mass is 19.1. The SMILES string of the molecule is COc1cc(C2CN(c3ncnc(N)c3OC)CCO2)ccc1F. The maximum Gasteiger partial charge on any atom is 0.204 e. The van der Waals surface area contributed by atoms with Crippen LogP contribution in [0.25, 0.3) is 0 Å². The van der Waals surface area contributed by atoms with Crippen molar-refractivity contribution in [3.05, 3.63) is 35.9 Å². The number of methoxy groups -OCH3 is 2. The second kappa shape index (κ2) is 6.88. The van der Waals surface area contributed by atoms with Crippen molar-refractivity contribution in [3.63, 3.8) is 0 Å². The molecule has 2 heterocycles. The molecule has 1 aliphatic heterocycles. The maximum absolute atomic E-state index is 13.6. The van der Waals surface area contributed by atoms with Crippen LogP contribution < -0.4 is 20.1 Å². The molecule has 2 N–H and O–H groups in total. The standard InChI is InChI=1S/C16H19FN4O3/c1-22-12-7-10(3-4-11(12)17)13-8-21(5-6-24-13)16-14(23-2)15(18)19-9-20-16/h3-4,7,9,13H,5-6,8H2,1-2H3,(H2,18,19,20). The number of aromatic nitrogens is 2. The van der Waals surface area contributed by atoms with E-state index in [9.17, 15) is 4.39 Å². The second-order valence-corrected chi connectivity index (χ2v) is 5.32. The Balaban J connectivity index is 1.86. The maximum atomic E-state index is 13.6. The lowest BCUT2D eigenvalue weighted by Crippen LogP contribution is -2.39. The van der Waals surface area contributed by atoms with Gasteiger partial charge in [0, 0.05) is 13.1 Å². The molecule has 1 saturated heterocycles. The summed E-state index contributed by atoms with van der Waals surface area (Å²) in [5, 5.41) is 0. The molecule has 0 radical (unpaired) electrons. The minimum atomic E-state index is -0.404. The molecule has 7 nitrogen and oxygen atoms in total. The van der Waals surface area contributed by atoms with Gasteiger partial charge in [-0.1, -0.05) is 6.07 Å². The average Bonchev–Trinajstić information content (AvgIpc) is 2.62. The van der Waals surface area contributed by atoms with Crippen LogP contribution in [0.5, 0.6) is 11.5 Å². The highest BCUT2D eigenvalue weighted by molar-refractivity contribution is 5.63. The predicted octanol–water partition coefficient (Wildman–Crippen LogP) is 1.79. The van der Waals surface area contributed by atoms with Crippen molar-refractivity contribution in [3.8, 4) is 11.5 Å². The molecule has 0 amide bonds. The molecule has 0 bridgehead atoms. The Kier molecular flexibility index (Phi) is 4.66. The molecule has 1 aromatic carbocycles. The Morgan fingerprint density at radius 1 is 1.29 bits per heavy atom. The molecule has 0 saturated carbocycles. The summed E-state index contributed by atoms with van der Waals surface area (Å²) in [6.07, 6.45) is 1.16. The number of morpholine rings is 1. The number of halogens is 1. The van der Waals surface area contributed by atoms with E-state index in [4.69, 9.17) is 19.9 Å². The van der Waals surface area contributed by atoms with Gasteiger partial charge in [0.25, 0.3) is 0 Å². The molecule has 128 valence electrons. The van der Waals surface area contributed by atoms with Gasteiger partial charge >= 0.3 is 0 Å². The topological polar surface area (TPSA) is 82.7 Å². The Labute approximate surface area is 139 Å². The molecule has 1 aliphatic rings. The number of anilines is 2. The Hall–Kier alpha value is -2.61. The Morgan fingerprint density at radius 2 is 2.12 bits per heavy atom. The van der Waals surface area contributed by atoms with Crippen LogP contribution in [0.15, 0.2) is 24.5 Å². The van der Waals surface area contributed by atoms with Gasteiger partial charge in [-0.2, -0.15) is 0 Å². The molecular weight excluding hydrogens is 315 g/mol. The van der Waals surface area contributed by atoms with Gasteiger partial charge in [-0.15, -0.1) is 0 Å². The largest absolute Gasteiger partial charge is 0.494 e. The van der Waals surface area contributed by atoms with E-state index in [0.717, 1.165) is 5.56 Å². The van der Waals surface area contributed by atoms with Crippen LogP contribution in [0, 0.1) is 5.82 Å². The number of benzene rings is 1. The number of nitrogens with two attached hydrogens (primary N) is 1. The van der Waals surface area contributed by atoms with Gasteiger partial charge in [0.15, 0.2) is 23.2 Å². The lowest BCUT2D eigenvalue weighted by atomic mass is 10.1. The van der Waals surface area contributed by atoms with Crippen molar-refractivity contribution >= 4 is 11.6 Å². The molecule has 1 fully saturated rings. The first-order chi connectivity index (χ1) is 11.6. The van der Waals surface area contributed by atoms with E-state index in [0.29, 0.717) is 31.3 Å². The molecular formula is C16H19FN4O3. The van der Waals surface area contributed by atoms with Crippen LogP contribution in [0.3, 0.4) is 0 Å². The van der Waals surface area contributed by atoms with Crippen molar-refractivity contribution in [2.45, 2.75) is 6.10 Å². The number of rotatable bonds is 4. The zero-order valence-electron chi connectivity index (χ0n) is 13.5. The van der Waals surface area contributed by atoms with E-state index in [1.165, 1.54) is 26.6 Å². The Bertz CT molecular complexity index is 728. The third-order valence-electron chi connectivity index (χ3n) is 3.93. The Morgan fingerprint density at radius 3 is 2.88 bits per heavy atom. The van der Waals surface area contributed by atoms with E-state index < -0.39 is 5.82 Å². The van der Waals surface area contributed by atoms with E-state index in [1.54, 1.807) is 12.1 Å². The minimum absolute atomic E-state index is 0.192. The highest BCUT2D eigenvalue weighted by Gasteiger charge is 2.26. The summed E-state index contributed by atoms with van der Waals surface area (Å²) in [5.41, 5.74) is 6.68. The molecule has 1 aromatic heterocycles. The summed E-state index contributed by atoms with van der Waals surface area (Å²) in [7, 11) is 2.96. The van der Waals surface area contributed by atoms with E-state index >= 15 is 0 Å². The van der Waals surface area contributed by atoms with Crippen molar-refractivity contribution in [2.24, 2.45) is 0 Å². The normalized spacial score (nSPS) is 17.6. The fourth-order valence-corrected chi connectivity index (χ4v) is 2.72. The van der Waals surface area contributed by atoms with Crippen LogP contribution >= 0.6 is 0 Å². The van der Waals surface area contributed by atoms with E-state index in [-0.39, 0.29) is 17.7 Å². The lowest BCUT2D eigenvalue weighted by molar-refractivity contribution is 0.0392. The fraction of sp³-hybridized carbons (Fsp3) is 0.375. The van der Waals surface area contributed by atoms with Gasteiger partial charge in [-0.25, -0.2) is 14.4 Å². The van der Waals surface area contributed by atoms with Gasteiger partial charge in [-0.05, 0) is 17.7 Å². The monoisotopic (exact) mass is 334 g/mol. The van der Waals surface area contributed by atoms with Crippen molar-refractivity contribution in [1.82, 2.24) is 9.97 Å². The quantitative estimate of drug-likeness (QED) is 0.912. The average molecular weight is 334 g/mol.